The molecule has 17 heavy (non-hydrogen) atoms. The molecule has 2 fully saturated rings. The number of amides is 1. The molecule has 90 valence electrons. The minimum absolute atomic E-state index is 0.131. The van der Waals surface area contributed by atoms with Crippen molar-refractivity contribution in [1.82, 2.24) is 4.90 Å². The summed E-state index contributed by atoms with van der Waals surface area (Å²) in [4.78, 5) is 14.2. The van der Waals surface area contributed by atoms with Gasteiger partial charge >= 0.3 is 0 Å². The van der Waals surface area contributed by atoms with Crippen molar-refractivity contribution in [2.75, 3.05) is 6.61 Å². The van der Waals surface area contributed by atoms with Gasteiger partial charge in [-0.1, -0.05) is 37.3 Å². The summed E-state index contributed by atoms with van der Waals surface area (Å²) in [6, 6.07) is 10.3. The molecule has 3 nitrogen and oxygen atoms in total. The smallest absolute Gasteiger partial charge is 0.228 e. The fraction of sp³-hybridized carbons (Fsp3) is 0.500. The topological polar surface area (TPSA) is 29.5 Å². The van der Waals surface area contributed by atoms with Gasteiger partial charge in [0, 0.05) is 11.5 Å². The SMILES string of the molecule is C[C@H]1C[C@H]2CO[C@](C)(c3ccccc3)N2C1=O. The Labute approximate surface area is 101 Å². The molecule has 3 atom stereocenters. The summed E-state index contributed by atoms with van der Waals surface area (Å²) in [7, 11) is 0. The predicted molar refractivity (Wildman–Crippen MR) is 64.2 cm³/mol. The first-order chi connectivity index (χ1) is 8.13. The number of fused-ring (bicyclic) bond motifs is 1. The van der Waals surface area contributed by atoms with Crippen LogP contribution in [0.25, 0.3) is 0 Å². The van der Waals surface area contributed by atoms with Crippen LogP contribution in [0.3, 0.4) is 0 Å². The van der Waals surface area contributed by atoms with E-state index in [1.807, 2.05) is 49.1 Å². The Hall–Kier alpha value is -1.35. The normalized spacial score (nSPS) is 36.4. The summed E-state index contributed by atoms with van der Waals surface area (Å²) in [5.74, 6) is 0.353. The third-order valence-electron chi connectivity index (χ3n) is 3.98. The van der Waals surface area contributed by atoms with Crippen LogP contribution >= 0.6 is 0 Å². The Bertz CT molecular complexity index is 445. The first-order valence-corrected chi connectivity index (χ1v) is 6.15. The first kappa shape index (κ1) is 10.8. The van der Waals surface area contributed by atoms with Gasteiger partial charge in [0.2, 0.25) is 5.91 Å². The van der Waals surface area contributed by atoms with Gasteiger partial charge in [-0.3, -0.25) is 4.79 Å². The van der Waals surface area contributed by atoms with E-state index in [1.165, 1.54) is 0 Å². The van der Waals surface area contributed by atoms with E-state index in [1.54, 1.807) is 0 Å². The monoisotopic (exact) mass is 231 g/mol. The van der Waals surface area contributed by atoms with Crippen molar-refractivity contribution in [3.63, 3.8) is 0 Å². The molecule has 3 rings (SSSR count). The molecule has 2 heterocycles. The van der Waals surface area contributed by atoms with Crippen LogP contribution in [0.5, 0.6) is 0 Å². The van der Waals surface area contributed by atoms with Gasteiger partial charge in [0.05, 0.1) is 12.6 Å². The van der Waals surface area contributed by atoms with E-state index in [9.17, 15) is 4.79 Å². The summed E-state index contributed by atoms with van der Waals surface area (Å²) < 4.78 is 5.92. The van der Waals surface area contributed by atoms with E-state index in [4.69, 9.17) is 4.74 Å². The number of nitrogens with zero attached hydrogens (tertiary/aromatic N) is 1. The molecular formula is C14H17NO2. The molecule has 1 aromatic rings. The van der Waals surface area contributed by atoms with E-state index < -0.39 is 5.72 Å². The van der Waals surface area contributed by atoms with Crippen LogP contribution in [-0.2, 0) is 15.3 Å². The van der Waals surface area contributed by atoms with E-state index in [0.717, 1.165) is 12.0 Å². The second-order valence-corrected chi connectivity index (χ2v) is 5.16. The number of carbonyl (C=O) groups excluding carboxylic acids is 1. The van der Waals surface area contributed by atoms with Gasteiger partial charge in [-0.25, -0.2) is 0 Å². The average molecular weight is 231 g/mol. The predicted octanol–water partition coefficient (Wildman–Crippen LogP) is 2.13. The number of hydrogen-bond donors (Lipinski definition) is 0. The highest BCUT2D eigenvalue weighted by molar-refractivity contribution is 5.82. The zero-order valence-corrected chi connectivity index (χ0v) is 10.2. The molecule has 0 N–H and O–H groups in total. The molecule has 2 aliphatic heterocycles. The summed E-state index contributed by atoms with van der Waals surface area (Å²) in [6.45, 7) is 4.66. The molecule has 0 unspecified atom stereocenters. The van der Waals surface area contributed by atoms with Gasteiger partial charge in [-0.05, 0) is 13.3 Å². The molecule has 0 aliphatic carbocycles. The van der Waals surface area contributed by atoms with Crippen LogP contribution in [0.2, 0.25) is 0 Å². The number of ether oxygens (including phenoxy) is 1. The molecule has 0 radical (unpaired) electrons. The van der Waals surface area contributed by atoms with Gasteiger partial charge in [-0.2, -0.15) is 0 Å². The molecule has 0 aromatic heterocycles. The van der Waals surface area contributed by atoms with Crippen molar-refractivity contribution >= 4 is 5.91 Å². The lowest BCUT2D eigenvalue weighted by Crippen LogP contribution is -2.44. The standard InChI is InChI=1S/C14H17NO2/c1-10-8-12-9-17-14(2,15(12)13(10)16)11-6-4-3-5-7-11/h3-7,10,12H,8-9H2,1-2H3/t10-,12-,14+/m0/s1. The zero-order chi connectivity index (χ0) is 12.0. The second-order valence-electron chi connectivity index (χ2n) is 5.16. The van der Waals surface area contributed by atoms with E-state index in [-0.39, 0.29) is 17.9 Å². The molecule has 3 heteroatoms. The second kappa shape index (κ2) is 3.57. The Morgan fingerprint density at radius 3 is 2.76 bits per heavy atom. The lowest BCUT2D eigenvalue weighted by molar-refractivity contribution is -0.148. The molecule has 2 saturated heterocycles. The minimum Gasteiger partial charge on any atom is -0.349 e. The first-order valence-electron chi connectivity index (χ1n) is 6.15. The van der Waals surface area contributed by atoms with Gasteiger partial charge in [0.25, 0.3) is 0 Å². The van der Waals surface area contributed by atoms with E-state index in [2.05, 4.69) is 0 Å². The molecule has 1 aromatic carbocycles. The lowest BCUT2D eigenvalue weighted by Gasteiger charge is -2.34. The Balaban J connectivity index is 2.01. The summed E-state index contributed by atoms with van der Waals surface area (Å²) in [5.41, 5.74) is 0.485. The van der Waals surface area contributed by atoms with E-state index >= 15 is 0 Å². The van der Waals surface area contributed by atoms with Crippen molar-refractivity contribution in [1.29, 1.82) is 0 Å². The molecule has 1 amide bonds. The third-order valence-corrected chi connectivity index (χ3v) is 3.98. The maximum absolute atomic E-state index is 12.2. The average Bonchev–Trinajstić information content (AvgIpc) is 2.82. The van der Waals surface area contributed by atoms with E-state index in [0.29, 0.717) is 6.61 Å². The Morgan fingerprint density at radius 1 is 1.35 bits per heavy atom. The van der Waals surface area contributed by atoms with Gasteiger partial charge in [-0.15, -0.1) is 0 Å². The molecular weight excluding hydrogens is 214 g/mol. The fourth-order valence-corrected chi connectivity index (χ4v) is 3.03. The minimum atomic E-state index is -0.576. The van der Waals surface area contributed by atoms with Crippen molar-refractivity contribution in [3.05, 3.63) is 35.9 Å². The number of benzene rings is 1. The molecule has 0 saturated carbocycles. The molecule has 2 aliphatic rings. The Morgan fingerprint density at radius 2 is 2.06 bits per heavy atom. The highest BCUT2D eigenvalue weighted by atomic mass is 16.5. The zero-order valence-electron chi connectivity index (χ0n) is 10.2. The summed E-state index contributed by atoms with van der Waals surface area (Å²) >= 11 is 0. The van der Waals surface area contributed by atoms with Gasteiger partial charge in [0.1, 0.15) is 0 Å². The van der Waals surface area contributed by atoms with Crippen LogP contribution < -0.4 is 0 Å². The highest BCUT2D eigenvalue weighted by Crippen LogP contribution is 2.43. The fourth-order valence-electron chi connectivity index (χ4n) is 3.03. The van der Waals surface area contributed by atoms with Gasteiger partial charge in [0.15, 0.2) is 5.72 Å². The number of hydrogen-bond acceptors (Lipinski definition) is 2. The largest absolute Gasteiger partial charge is 0.349 e. The number of rotatable bonds is 1. The highest BCUT2D eigenvalue weighted by Gasteiger charge is 2.53. The van der Waals surface area contributed by atoms with Gasteiger partial charge < -0.3 is 9.64 Å². The van der Waals surface area contributed by atoms with Crippen LogP contribution in [0.1, 0.15) is 25.8 Å². The third kappa shape index (κ3) is 1.42. The molecule has 0 bridgehead atoms. The number of carbonyl (C=O) groups is 1. The quantitative estimate of drug-likeness (QED) is 0.741. The van der Waals surface area contributed by atoms with Crippen LogP contribution in [0, 0.1) is 5.92 Å². The summed E-state index contributed by atoms with van der Waals surface area (Å²) in [6.07, 6.45) is 0.918. The lowest BCUT2D eigenvalue weighted by atomic mass is 10.0. The maximum Gasteiger partial charge on any atom is 0.228 e. The maximum atomic E-state index is 12.2. The van der Waals surface area contributed by atoms with Crippen LogP contribution in [-0.4, -0.2) is 23.5 Å². The van der Waals surface area contributed by atoms with Crippen molar-refractivity contribution in [2.45, 2.75) is 32.0 Å². The van der Waals surface area contributed by atoms with Crippen LogP contribution in [0.15, 0.2) is 30.3 Å². The van der Waals surface area contributed by atoms with Crippen molar-refractivity contribution in [2.24, 2.45) is 5.92 Å². The van der Waals surface area contributed by atoms with Crippen molar-refractivity contribution < 1.29 is 9.53 Å². The molecule has 0 spiro atoms. The summed E-state index contributed by atoms with van der Waals surface area (Å²) in [5, 5.41) is 0. The van der Waals surface area contributed by atoms with Crippen molar-refractivity contribution in [3.8, 4) is 0 Å². The van der Waals surface area contributed by atoms with Crippen LogP contribution in [0.4, 0.5) is 0 Å². The Kier molecular flexibility index (Phi) is 2.26.